The maximum absolute atomic E-state index is 12.9. The smallest absolute Gasteiger partial charge is 0.223 e. The van der Waals surface area contributed by atoms with Crippen molar-refractivity contribution in [3.05, 3.63) is 69.7 Å². The number of halogens is 1. The number of likely N-dealkylation sites (tertiary alicyclic amines) is 1. The van der Waals surface area contributed by atoms with Gasteiger partial charge >= 0.3 is 0 Å². The van der Waals surface area contributed by atoms with E-state index in [0.29, 0.717) is 18.3 Å². The Morgan fingerprint density at radius 3 is 2.26 bits per heavy atom. The van der Waals surface area contributed by atoms with Crippen LogP contribution in [0, 0.1) is 5.92 Å². The van der Waals surface area contributed by atoms with E-state index >= 15 is 0 Å². The predicted molar refractivity (Wildman–Crippen MR) is 139 cm³/mol. The minimum atomic E-state index is 0.0792. The molecule has 2 aromatic rings. The van der Waals surface area contributed by atoms with E-state index in [1.165, 1.54) is 16.7 Å². The third-order valence-electron chi connectivity index (χ3n) is 7.30. The van der Waals surface area contributed by atoms with Crippen LogP contribution in [0.4, 0.5) is 0 Å². The van der Waals surface area contributed by atoms with Gasteiger partial charge in [0.05, 0.1) is 0 Å². The SMILES string of the molecule is CC(C)CN1CCc2ccc(C(=O)CCC(=O)N3CCC(c4ccc(Cl)cc4)CC3)cc2CC1. The molecule has 0 spiro atoms. The summed E-state index contributed by atoms with van der Waals surface area (Å²) >= 11 is 6.00. The van der Waals surface area contributed by atoms with E-state index in [2.05, 4.69) is 43.0 Å². The molecule has 182 valence electrons. The summed E-state index contributed by atoms with van der Waals surface area (Å²) < 4.78 is 0. The van der Waals surface area contributed by atoms with Crippen LogP contribution in [0.15, 0.2) is 42.5 Å². The fourth-order valence-corrected chi connectivity index (χ4v) is 5.49. The van der Waals surface area contributed by atoms with Crippen molar-refractivity contribution in [3.8, 4) is 0 Å². The average molecular weight is 481 g/mol. The normalized spacial score (nSPS) is 17.5. The van der Waals surface area contributed by atoms with Crippen molar-refractivity contribution in [2.45, 2.75) is 58.3 Å². The summed E-state index contributed by atoms with van der Waals surface area (Å²) in [5.74, 6) is 1.32. The Balaban J connectivity index is 1.26. The molecule has 0 N–H and O–H groups in total. The van der Waals surface area contributed by atoms with E-state index in [1.807, 2.05) is 23.1 Å². The van der Waals surface area contributed by atoms with Crippen molar-refractivity contribution >= 4 is 23.3 Å². The Bertz CT molecular complexity index is 994. The fraction of sp³-hybridized carbons (Fsp3) is 0.517. The summed E-state index contributed by atoms with van der Waals surface area (Å²) in [6.07, 6.45) is 4.53. The number of hydrogen-bond donors (Lipinski definition) is 0. The number of benzene rings is 2. The molecule has 0 aliphatic carbocycles. The molecule has 0 bridgehead atoms. The Morgan fingerprint density at radius 1 is 0.912 bits per heavy atom. The zero-order valence-electron chi connectivity index (χ0n) is 20.6. The molecule has 1 fully saturated rings. The standard InChI is InChI=1S/C29H37ClN2O2/c1-21(2)20-31-15-11-23-3-4-26(19-25(23)12-16-31)28(33)9-10-29(34)32-17-13-24(14-18-32)22-5-7-27(30)8-6-22/h3-8,19,21,24H,9-18,20H2,1-2H3. The van der Waals surface area contributed by atoms with Crippen molar-refractivity contribution in [2.24, 2.45) is 5.92 Å². The molecule has 1 amide bonds. The highest BCUT2D eigenvalue weighted by Gasteiger charge is 2.24. The van der Waals surface area contributed by atoms with Crippen molar-refractivity contribution in [3.63, 3.8) is 0 Å². The summed E-state index contributed by atoms with van der Waals surface area (Å²) in [6, 6.07) is 14.2. The van der Waals surface area contributed by atoms with Gasteiger partial charge in [-0.3, -0.25) is 9.59 Å². The van der Waals surface area contributed by atoms with Crippen molar-refractivity contribution in [1.29, 1.82) is 0 Å². The van der Waals surface area contributed by atoms with Gasteiger partial charge < -0.3 is 9.80 Å². The molecule has 34 heavy (non-hydrogen) atoms. The topological polar surface area (TPSA) is 40.6 Å². The summed E-state index contributed by atoms with van der Waals surface area (Å²) in [5, 5.41) is 0.753. The van der Waals surface area contributed by atoms with Gasteiger partial charge in [0, 0.05) is 56.2 Å². The van der Waals surface area contributed by atoms with Gasteiger partial charge in [0.15, 0.2) is 5.78 Å². The number of hydrogen-bond acceptors (Lipinski definition) is 3. The minimum Gasteiger partial charge on any atom is -0.343 e. The monoisotopic (exact) mass is 480 g/mol. The highest BCUT2D eigenvalue weighted by molar-refractivity contribution is 6.30. The molecule has 0 radical (unpaired) electrons. The van der Waals surface area contributed by atoms with Crippen LogP contribution in [-0.4, -0.2) is 54.2 Å². The first-order chi connectivity index (χ1) is 16.4. The Morgan fingerprint density at radius 2 is 1.59 bits per heavy atom. The predicted octanol–water partition coefficient (Wildman–Crippen LogP) is 5.77. The van der Waals surface area contributed by atoms with E-state index in [1.54, 1.807) is 0 Å². The number of fused-ring (bicyclic) bond motifs is 1. The second-order valence-corrected chi connectivity index (χ2v) is 10.7. The molecule has 2 heterocycles. The Kier molecular flexibility index (Phi) is 8.44. The lowest BCUT2D eigenvalue weighted by molar-refractivity contribution is -0.132. The number of rotatable bonds is 7. The van der Waals surface area contributed by atoms with Gasteiger partial charge in [-0.05, 0) is 72.4 Å². The first-order valence-electron chi connectivity index (χ1n) is 12.8. The minimum absolute atomic E-state index is 0.0792. The number of nitrogens with zero attached hydrogens (tertiary/aromatic N) is 2. The molecule has 0 unspecified atom stereocenters. The van der Waals surface area contributed by atoms with Crippen molar-refractivity contribution in [1.82, 2.24) is 9.80 Å². The zero-order valence-corrected chi connectivity index (χ0v) is 21.3. The average Bonchev–Trinajstić information content (AvgIpc) is 3.04. The zero-order chi connectivity index (χ0) is 24.1. The highest BCUT2D eigenvalue weighted by atomic mass is 35.5. The molecular weight excluding hydrogens is 444 g/mol. The van der Waals surface area contributed by atoms with Gasteiger partial charge in [-0.25, -0.2) is 0 Å². The van der Waals surface area contributed by atoms with Crippen molar-refractivity contribution < 1.29 is 9.59 Å². The molecular formula is C29H37ClN2O2. The van der Waals surface area contributed by atoms with Gasteiger partial charge in [-0.1, -0.05) is 49.7 Å². The second-order valence-electron chi connectivity index (χ2n) is 10.3. The lowest BCUT2D eigenvalue weighted by Gasteiger charge is -2.32. The lowest BCUT2D eigenvalue weighted by atomic mass is 9.89. The number of amides is 1. The molecule has 2 aliphatic rings. The number of ketones is 1. The molecule has 4 nitrogen and oxygen atoms in total. The molecule has 0 aromatic heterocycles. The van der Waals surface area contributed by atoms with E-state index < -0.39 is 0 Å². The Labute approximate surface area is 209 Å². The van der Waals surface area contributed by atoms with E-state index in [4.69, 9.17) is 11.6 Å². The van der Waals surface area contributed by atoms with Gasteiger partial charge in [0.1, 0.15) is 0 Å². The third-order valence-corrected chi connectivity index (χ3v) is 7.55. The van der Waals surface area contributed by atoms with Crippen LogP contribution in [0.1, 0.15) is 72.5 Å². The molecule has 4 rings (SSSR count). The summed E-state index contributed by atoms with van der Waals surface area (Å²) in [5.41, 5.74) is 4.71. The van der Waals surface area contributed by atoms with Crippen LogP contribution in [0.5, 0.6) is 0 Å². The molecule has 1 saturated heterocycles. The maximum Gasteiger partial charge on any atom is 0.223 e. The van der Waals surface area contributed by atoms with Gasteiger partial charge in [-0.15, -0.1) is 0 Å². The summed E-state index contributed by atoms with van der Waals surface area (Å²) in [6.45, 7) is 9.29. The number of piperidine rings is 1. The van der Waals surface area contributed by atoms with E-state index in [9.17, 15) is 9.59 Å². The molecule has 0 saturated carbocycles. The number of carbonyl (C=O) groups excluding carboxylic acids is 2. The van der Waals surface area contributed by atoms with Gasteiger partial charge in [0.2, 0.25) is 5.91 Å². The first-order valence-corrected chi connectivity index (χ1v) is 13.2. The van der Waals surface area contributed by atoms with E-state index in [-0.39, 0.29) is 18.1 Å². The third kappa shape index (κ3) is 6.49. The highest BCUT2D eigenvalue weighted by Crippen LogP contribution is 2.29. The fourth-order valence-electron chi connectivity index (χ4n) is 5.36. The first kappa shape index (κ1) is 24.9. The molecule has 0 atom stereocenters. The number of carbonyl (C=O) groups is 2. The van der Waals surface area contributed by atoms with Crippen molar-refractivity contribution in [2.75, 3.05) is 32.7 Å². The van der Waals surface area contributed by atoms with E-state index in [0.717, 1.165) is 69.0 Å². The maximum atomic E-state index is 12.9. The quantitative estimate of drug-likeness (QED) is 0.472. The van der Waals surface area contributed by atoms with Crippen LogP contribution < -0.4 is 0 Å². The second kappa shape index (κ2) is 11.5. The molecule has 5 heteroatoms. The van der Waals surface area contributed by atoms with Crippen LogP contribution in [0.25, 0.3) is 0 Å². The summed E-state index contributed by atoms with van der Waals surface area (Å²) in [7, 11) is 0. The lowest BCUT2D eigenvalue weighted by Crippen LogP contribution is -2.38. The number of Topliss-reactive ketones (excluding diaryl/α,β-unsaturated/α-hetero) is 1. The van der Waals surface area contributed by atoms with Gasteiger partial charge in [-0.2, -0.15) is 0 Å². The van der Waals surface area contributed by atoms with Crippen LogP contribution >= 0.6 is 11.6 Å². The molecule has 2 aromatic carbocycles. The summed E-state index contributed by atoms with van der Waals surface area (Å²) in [4.78, 5) is 30.1. The largest absolute Gasteiger partial charge is 0.343 e. The van der Waals surface area contributed by atoms with Gasteiger partial charge in [0.25, 0.3) is 0 Å². The van der Waals surface area contributed by atoms with Crippen LogP contribution in [0.2, 0.25) is 5.02 Å². The van der Waals surface area contributed by atoms with Crippen LogP contribution in [-0.2, 0) is 17.6 Å². The molecule has 2 aliphatic heterocycles. The Hall–Kier alpha value is -2.17. The van der Waals surface area contributed by atoms with Crippen LogP contribution in [0.3, 0.4) is 0 Å².